The lowest BCUT2D eigenvalue weighted by Gasteiger charge is -2.19. The zero-order chi connectivity index (χ0) is 44.0. The number of ether oxygens (including phenoxy) is 2. The van der Waals surface area contributed by atoms with E-state index in [-0.39, 0.29) is 50.2 Å². The molecule has 0 aliphatic heterocycles. The first-order valence-corrected chi connectivity index (χ1v) is 24.4. The molecule has 1 aromatic rings. The minimum absolute atomic E-state index is 0.0177. The fourth-order valence-corrected chi connectivity index (χ4v) is 7.92. The number of allylic oxidation sites excluding steroid dienone is 5. The van der Waals surface area contributed by atoms with Gasteiger partial charge in [-0.3, -0.25) is 23.4 Å². The number of nitrogens with two attached hydrogens (primary N) is 1. The fraction of sp³-hybridized carbons (Fsp3) is 0.723. The predicted octanol–water partition coefficient (Wildman–Crippen LogP) is 10.2. The molecule has 12 nitrogen and oxygen atoms in total. The molecule has 1 aromatic heterocycles. The maximum atomic E-state index is 12.7. The summed E-state index contributed by atoms with van der Waals surface area (Å²) in [5.74, 6) is 1.08. The Hall–Kier alpha value is -2.86. The topological polar surface area (TPSA) is 185 Å². The van der Waals surface area contributed by atoms with Crippen LogP contribution in [0.5, 0.6) is 0 Å². The van der Waals surface area contributed by atoms with Gasteiger partial charge in [-0.05, 0) is 81.9 Å². The number of rotatable bonds is 36. The summed E-state index contributed by atoms with van der Waals surface area (Å²) in [6.07, 6.45) is 29.1. The van der Waals surface area contributed by atoms with Gasteiger partial charge in [0.15, 0.2) is 11.9 Å². The standard InChI is InChI=1S/C47H78NO11P/c1-5-7-17-24-40(49)30-31-42-39(29-32-43(42)50)23-19-15-16-21-27-46(51)55-35-41(36-57-60(53,54)56-34-33-48)58-47(52)28-22-14-12-10-9-11-13-20-26-45-38(4)37(3)44(59-45)25-18-8-6-2/h15,19,29-32,39-42,49H,5-14,16-18,20-28,33-36,48H2,1-4H3,(H,53,54)/b19-15-,31-30+/t39-,40-,41+,42+/m0/s1. The second-order valence-corrected chi connectivity index (χ2v) is 17.6. The average molecular weight is 864 g/mol. The van der Waals surface area contributed by atoms with Crippen LogP contribution in [0.4, 0.5) is 0 Å². The van der Waals surface area contributed by atoms with Crippen LogP contribution in [0.1, 0.15) is 165 Å². The van der Waals surface area contributed by atoms with Gasteiger partial charge >= 0.3 is 19.8 Å². The van der Waals surface area contributed by atoms with Crippen LogP contribution in [0, 0.1) is 25.7 Å². The van der Waals surface area contributed by atoms with E-state index in [0.717, 1.165) is 88.6 Å². The van der Waals surface area contributed by atoms with Crippen LogP contribution in [-0.2, 0) is 50.3 Å². The molecule has 1 aliphatic rings. The highest BCUT2D eigenvalue weighted by Crippen LogP contribution is 2.43. The number of furan rings is 1. The lowest BCUT2D eigenvalue weighted by atomic mass is 9.90. The monoisotopic (exact) mass is 864 g/mol. The molecule has 4 N–H and O–H groups in total. The van der Waals surface area contributed by atoms with E-state index >= 15 is 0 Å². The van der Waals surface area contributed by atoms with Gasteiger partial charge in [0.1, 0.15) is 18.1 Å². The van der Waals surface area contributed by atoms with Crippen LogP contribution in [0.3, 0.4) is 0 Å². The number of carbonyl (C=O) groups excluding carboxylic acids is 3. The van der Waals surface area contributed by atoms with Crippen molar-refractivity contribution in [3.05, 3.63) is 59.1 Å². The smallest absolute Gasteiger partial charge is 0.466 e. The molecule has 0 aromatic carbocycles. The van der Waals surface area contributed by atoms with Crippen molar-refractivity contribution in [2.75, 3.05) is 26.4 Å². The first kappa shape index (κ1) is 53.3. The Balaban J connectivity index is 1.67. The largest absolute Gasteiger partial charge is 0.472 e. The number of phosphoric ester groups is 1. The van der Waals surface area contributed by atoms with Gasteiger partial charge in [-0.15, -0.1) is 0 Å². The molecule has 5 atom stereocenters. The van der Waals surface area contributed by atoms with Gasteiger partial charge in [0.05, 0.1) is 19.3 Å². The number of unbranched alkanes of at least 4 members (excludes halogenated alkanes) is 12. The number of carbonyl (C=O) groups is 3. The van der Waals surface area contributed by atoms with Gasteiger partial charge in [-0.25, -0.2) is 4.57 Å². The average Bonchev–Trinajstić information content (AvgIpc) is 3.71. The lowest BCUT2D eigenvalue weighted by Crippen LogP contribution is -2.29. The number of hydrogen-bond acceptors (Lipinski definition) is 11. The molecule has 0 radical (unpaired) electrons. The van der Waals surface area contributed by atoms with Crippen molar-refractivity contribution in [1.29, 1.82) is 0 Å². The van der Waals surface area contributed by atoms with E-state index in [2.05, 4.69) is 27.7 Å². The van der Waals surface area contributed by atoms with Crippen molar-refractivity contribution in [2.45, 2.75) is 181 Å². The molecule has 0 spiro atoms. The zero-order valence-corrected chi connectivity index (χ0v) is 38.1. The van der Waals surface area contributed by atoms with Gasteiger partial charge < -0.3 is 29.6 Å². The summed E-state index contributed by atoms with van der Waals surface area (Å²) in [5.41, 5.74) is 7.98. The zero-order valence-electron chi connectivity index (χ0n) is 37.3. The van der Waals surface area contributed by atoms with Crippen LogP contribution in [-0.4, -0.2) is 66.3 Å². The molecule has 0 saturated carbocycles. The number of aliphatic hydroxyl groups is 1. The molecule has 1 aliphatic carbocycles. The van der Waals surface area contributed by atoms with E-state index in [1.165, 1.54) is 30.4 Å². The molecule has 1 unspecified atom stereocenters. The third-order valence-corrected chi connectivity index (χ3v) is 12.0. The van der Waals surface area contributed by atoms with E-state index in [1.807, 2.05) is 24.3 Å². The maximum absolute atomic E-state index is 12.7. The van der Waals surface area contributed by atoms with Crippen LogP contribution >= 0.6 is 7.82 Å². The SMILES string of the molecule is CCCCCc1oc(CCCCCCCCCCC(=O)O[C@H](COC(=O)CCC/C=C\C[C@H]2C=CC(=O)[C@@H]2/C=C/[C@@H](O)CCCCC)COP(=O)(O)OCCN)c(C)c1C. The molecule has 2 rings (SSSR count). The molecule has 60 heavy (non-hydrogen) atoms. The van der Waals surface area contributed by atoms with Gasteiger partial charge in [0, 0.05) is 38.1 Å². The van der Waals surface area contributed by atoms with Gasteiger partial charge in [0.25, 0.3) is 0 Å². The van der Waals surface area contributed by atoms with E-state index in [4.69, 9.17) is 28.7 Å². The van der Waals surface area contributed by atoms with Crippen molar-refractivity contribution in [2.24, 2.45) is 17.6 Å². The minimum Gasteiger partial charge on any atom is -0.466 e. The van der Waals surface area contributed by atoms with Crippen LogP contribution in [0.15, 0.2) is 40.9 Å². The Morgan fingerprint density at radius 3 is 2.12 bits per heavy atom. The second kappa shape index (κ2) is 31.9. The molecule has 0 bridgehead atoms. The summed E-state index contributed by atoms with van der Waals surface area (Å²) < 4.78 is 39.1. The normalized spacial score (nSPS) is 17.5. The Morgan fingerprint density at radius 2 is 1.45 bits per heavy atom. The Labute approximate surface area is 360 Å². The minimum atomic E-state index is -4.44. The molecule has 0 amide bonds. The summed E-state index contributed by atoms with van der Waals surface area (Å²) in [5, 5.41) is 10.2. The second-order valence-electron chi connectivity index (χ2n) is 16.2. The van der Waals surface area contributed by atoms with Crippen LogP contribution in [0.25, 0.3) is 0 Å². The molecule has 0 saturated heterocycles. The Morgan fingerprint density at radius 1 is 0.833 bits per heavy atom. The van der Waals surface area contributed by atoms with E-state index in [9.17, 15) is 28.9 Å². The van der Waals surface area contributed by atoms with E-state index in [1.54, 1.807) is 12.2 Å². The highest BCUT2D eigenvalue weighted by Gasteiger charge is 2.28. The fourth-order valence-electron chi connectivity index (χ4n) is 7.16. The summed E-state index contributed by atoms with van der Waals surface area (Å²) in [6.45, 7) is 7.68. The van der Waals surface area contributed by atoms with Crippen LogP contribution < -0.4 is 5.73 Å². The number of phosphoric acid groups is 1. The highest BCUT2D eigenvalue weighted by molar-refractivity contribution is 7.47. The summed E-state index contributed by atoms with van der Waals surface area (Å²) >= 11 is 0. The van der Waals surface area contributed by atoms with Gasteiger partial charge in [-0.2, -0.15) is 0 Å². The summed E-state index contributed by atoms with van der Waals surface area (Å²) in [6, 6.07) is 0. The van der Waals surface area contributed by atoms with Gasteiger partial charge in [0.2, 0.25) is 0 Å². The molecule has 13 heteroatoms. The number of hydrogen-bond donors (Lipinski definition) is 3. The first-order chi connectivity index (χ1) is 28.9. The first-order valence-electron chi connectivity index (χ1n) is 22.9. The van der Waals surface area contributed by atoms with E-state index < -0.39 is 38.6 Å². The Kier molecular flexibility index (Phi) is 28.3. The highest BCUT2D eigenvalue weighted by atomic mass is 31.2. The molecular weight excluding hydrogens is 785 g/mol. The molecule has 1 heterocycles. The maximum Gasteiger partial charge on any atom is 0.472 e. The number of aliphatic hydroxyl groups excluding tert-OH is 1. The third kappa shape index (κ3) is 23.4. The molecule has 0 fully saturated rings. The number of ketones is 1. The Bertz CT molecular complexity index is 1500. The number of aryl methyl sites for hydroxylation is 2. The van der Waals surface area contributed by atoms with Crippen molar-refractivity contribution in [3.63, 3.8) is 0 Å². The molecule has 342 valence electrons. The van der Waals surface area contributed by atoms with Crippen molar-refractivity contribution < 1.29 is 51.9 Å². The van der Waals surface area contributed by atoms with Crippen LogP contribution in [0.2, 0.25) is 0 Å². The third-order valence-electron chi connectivity index (χ3n) is 11.0. The van der Waals surface area contributed by atoms with Crippen molar-refractivity contribution in [1.82, 2.24) is 0 Å². The predicted molar refractivity (Wildman–Crippen MR) is 236 cm³/mol. The quantitative estimate of drug-likeness (QED) is 0.0251. The number of esters is 2. The van der Waals surface area contributed by atoms with E-state index in [0.29, 0.717) is 32.1 Å². The molecular formula is C47H78NO11P. The van der Waals surface area contributed by atoms with Gasteiger partial charge in [-0.1, -0.05) is 115 Å². The lowest BCUT2D eigenvalue weighted by molar-refractivity contribution is -0.161. The van der Waals surface area contributed by atoms with Crippen molar-refractivity contribution in [3.8, 4) is 0 Å². The van der Waals surface area contributed by atoms with Crippen molar-refractivity contribution >= 4 is 25.5 Å². The summed E-state index contributed by atoms with van der Waals surface area (Å²) in [4.78, 5) is 47.6. The summed E-state index contributed by atoms with van der Waals surface area (Å²) in [7, 11) is -4.44.